The van der Waals surface area contributed by atoms with E-state index in [1.165, 1.54) is 11.8 Å². The van der Waals surface area contributed by atoms with Gasteiger partial charge >= 0.3 is 0 Å². The van der Waals surface area contributed by atoms with Crippen LogP contribution in [0.3, 0.4) is 0 Å². The molecule has 1 unspecified atom stereocenters. The molecule has 3 aromatic carbocycles. The zero-order valence-corrected chi connectivity index (χ0v) is 22.1. The molecule has 6 nitrogen and oxygen atoms in total. The normalized spacial score (nSPS) is 11.9. The standard InChI is InChI=1S/C29H26N4O2S2/c1-20(28(34)30-26(21-12-5-3-6-13-21)22-14-7-4-8-15-22)37-29-32-31-27(25-18-11-19-36-25)33(29)23-16-9-10-17-24(23)35-2/h3-20,26H,1-2H3,(H,30,34). The van der Waals surface area contributed by atoms with Gasteiger partial charge in [0.2, 0.25) is 5.91 Å². The Morgan fingerprint density at radius 1 is 0.892 bits per heavy atom. The van der Waals surface area contributed by atoms with Crippen molar-refractivity contribution in [2.24, 2.45) is 0 Å². The summed E-state index contributed by atoms with van der Waals surface area (Å²) < 4.78 is 7.60. The highest BCUT2D eigenvalue weighted by Gasteiger charge is 2.26. The van der Waals surface area contributed by atoms with Gasteiger partial charge in [0.25, 0.3) is 0 Å². The maximum absolute atomic E-state index is 13.5. The third-order valence-corrected chi connectivity index (χ3v) is 7.81. The molecule has 0 saturated carbocycles. The van der Waals surface area contributed by atoms with Gasteiger partial charge in [0.15, 0.2) is 11.0 Å². The van der Waals surface area contributed by atoms with Crippen LogP contribution in [-0.4, -0.2) is 33.0 Å². The van der Waals surface area contributed by atoms with E-state index in [0.29, 0.717) is 16.7 Å². The number of methoxy groups -OCH3 is 1. The number of nitrogens with zero attached hydrogens (tertiary/aromatic N) is 3. The number of ether oxygens (including phenoxy) is 1. The van der Waals surface area contributed by atoms with E-state index in [1.54, 1.807) is 18.4 Å². The number of carbonyl (C=O) groups excluding carboxylic acids is 1. The largest absolute Gasteiger partial charge is 0.495 e. The second kappa shape index (κ2) is 11.5. The Morgan fingerprint density at radius 2 is 1.54 bits per heavy atom. The van der Waals surface area contributed by atoms with E-state index in [4.69, 9.17) is 4.74 Å². The number of aromatic nitrogens is 3. The first kappa shape index (κ1) is 24.8. The molecule has 2 heterocycles. The molecule has 37 heavy (non-hydrogen) atoms. The van der Waals surface area contributed by atoms with Crippen LogP contribution in [0.1, 0.15) is 24.1 Å². The Hall–Kier alpha value is -3.88. The summed E-state index contributed by atoms with van der Waals surface area (Å²) in [5.74, 6) is 1.32. The lowest BCUT2D eigenvalue weighted by molar-refractivity contribution is -0.120. The summed E-state index contributed by atoms with van der Waals surface area (Å²) in [6.45, 7) is 1.89. The maximum atomic E-state index is 13.5. The van der Waals surface area contributed by atoms with Crippen molar-refractivity contribution in [2.45, 2.75) is 23.4 Å². The molecule has 1 N–H and O–H groups in total. The van der Waals surface area contributed by atoms with Crippen LogP contribution in [0.4, 0.5) is 0 Å². The van der Waals surface area contributed by atoms with Crippen LogP contribution in [-0.2, 0) is 4.79 Å². The summed E-state index contributed by atoms with van der Waals surface area (Å²) in [6, 6.07) is 31.5. The lowest BCUT2D eigenvalue weighted by Gasteiger charge is -2.22. The molecule has 2 aromatic heterocycles. The molecule has 0 aliphatic rings. The lowest BCUT2D eigenvalue weighted by Crippen LogP contribution is -2.35. The molecule has 0 aliphatic heterocycles. The topological polar surface area (TPSA) is 69.0 Å². The smallest absolute Gasteiger partial charge is 0.234 e. The summed E-state index contributed by atoms with van der Waals surface area (Å²) in [5, 5.41) is 14.4. The third kappa shape index (κ3) is 5.45. The Kier molecular flexibility index (Phi) is 7.67. The van der Waals surface area contributed by atoms with Crippen molar-refractivity contribution in [3.8, 4) is 22.1 Å². The van der Waals surface area contributed by atoms with Gasteiger partial charge in [-0.1, -0.05) is 90.6 Å². The van der Waals surface area contributed by atoms with Crippen LogP contribution < -0.4 is 10.1 Å². The predicted octanol–water partition coefficient (Wildman–Crippen LogP) is 6.39. The first-order valence-corrected chi connectivity index (χ1v) is 13.6. The van der Waals surface area contributed by atoms with Gasteiger partial charge in [-0.05, 0) is 41.6 Å². The molecule has 0 spiro atoms. The van der Waals surface area contributed by atoms with E-state index < -0.39 is 5.25 Å². The van der Waals surface area contributed by atoms with Crippen LogP contribution in [0, 0.1) is 0 Å². The fourth-order valence-corrected chi connectivity index (χ4v) is 5.63. The highest BCUT2D eigenvalue weighted by Crippen LogP contribution is 2.35. The molecule has 8 heteroatoms. The van der Waals surface area contributed by atoms with Gasteiger partial charge in [0.05, 0.1) is 29.0 Å². The van der Waals surface area contributed by atoms with Gasteiger partial charge in [-0.3, -0.25) is 9.36 Å². The van der Waals surface area contributed by atoms with Crippen LogP contribution in [0.2, 0.25) is 0 Å². The average molecular weight is 527 g/mol. The van der Waals surface area contributed by atoms with E-state index in [9.17, 15) is 4.79 Å². The molecule has 0 saturated heterocycles. The van der Waals surface area contributed by atoms with Crippen molar-refractivity contribution in [3.05, 3.63) is 114 Å². The summed E-state index contributed by atoms with van der Waals surface area (Å²) in [6.07, 6.45) is 0. The van der Waals surface area contributed by atoms with Gasteiger partial charge in [0.1, 0.15) is 5.75 Å². The number of rotatable bonds is 9. The van der Waals surface area contributed by atoms with E-state index >= 15 is 0 Å². The second-order valence-corrected chi connectivity index (χ2v) is 10.6. The van der Waals surface area contributed by atoms with Gasteiger partial charge in [-0.25, -0.2) is 0 Å². The second-order valence-electron chi connectivity index (χ2n) is 8.31. The summed E-state index contributed by atoms with van der Waals surface area (Å²) in [4.78, 5) is 14.5. The Labute approximate surface area is 224 Å². The van der Waals surface area contributed by atoms with E-state index in [0.717, 1.165) is 21.7 Å². The number of hydrogen-bond donors (Lipinski definition) is 1. The highest BCUT2D eigenvalue weighted by atomic mass is 32.2. The number of thiophene rings is 1. The Bertz CT molecular complexity index is 1410. The van der Waals surface area contributed by atoms with Crippen molar-refractivity contribution >= 4 is 29.0 Å². The molecular formula is C29H26N4O2S2. The zero-order chi connectivity index (χ0) is 25.6. The maximum Gasteiger partial charge on any atom is 0.234 e. The number of para-hydroxylation sites is 2. The fourth-order valence-electron chi connectivity index (χ4n) is 4.06. The molecule has 1 amide bonds. The van der Waals surface area contributed by atoms with Gasteiger partial charge in [0, 0.05) is 0 Å². The fraction of sp³-hybridized carbons (Fsp3) is 0.138. The molecule has 0 bridgehead atoms. The highest BCUT2D eigenvalue weighted by molar-refractivity contribution is 8.00. The van der Waals surface area contributed by atoms with Gasteiger partial charge < -0.3 is 10.1 Å². The predicted molar refractivity (Wildman–Crippen MR) is 149 cm³/mol. The molecule has 0 aliphatic carbocycles. The minimum Gasteiger partial charge on any atom is -0.495 e. The van der Waals surface area contributed by atoms with Crippen LogP contribution in [0.5, 0.6) is 5.75 Å². The number of amides is 1. The average Bonchev–Trinajstić information content (AvgIpc) is 3.63. The van der Waals surface area contributed by atoms with Crippen molar-refractivity contribution in [1.29, 1.82) is 0 Å². The van der Waals surface area contributed by atoms with Crippen LogP contribution in [0.25, 0.3) is 16.4 Å². The number of hydrogen-bond acceptors (Lipinski definition) is 6. The zero-order valence-electron chi connectivity index (χ0n) is 20.4. The quantitative estimate of drug-likeness (QED) is 0.225. The molecule has 0 fully saturated rings. The monoisotopic (exact) mass is 526 g/mol. The summed E-state index contributed by atoms with van der Waals surface area (Å²) in [5.41, 5.74) is 2.87. The van der Waals surface area contributed by atoms with Gasteiger partial charge in [-0.15, -0.1) is 21.5 Å². The van der Waals surface area contributed by atoms with Crippen LogP contribution in [0.15, 0.2) is 108 Å². The van der Waals surface area contributed by atoms with Crippen molar-refractivity contribution < 1.29 is 9.53 Å². The number of thioether (sulfide) groups is 1. The minimum atomic E-state index is -0.427. The van der Waals surface area contributed by atoms with E-state index in [1.807, 2.05) is 114 Å². The molecule has 186 valence electrons. The molecule has 0 radical (unpaired) electrons. The van der Waals surface area contributed by atoms with Crippen molar-refractivity contribution in [1.82, 2.24) is 20.1 Å². The van der Waals surface area contributed by atoms with E-state index in [2.05, 4.69) is 15.5 Å². The first-order valence-electron chi connectivity index (χ1n) is 11.9. The Balaban J connectivity index is 1.45. The van der Waals surface area contributed by atoms with Crippen molar-refractivity contribution in [3.63, 3.8) is 0 Å². The third-order valence-electron chi connectivity index (χ3n) is 5.90. The SMILES string of the molecule is COc1ccccc1-n1c(SC(C)C(=O)NC(c2ccccc2)c2ccccc2)nnc1-c1cccs1. The molecular weight excluding hydrogens is 500 g/mol. The first-order chi connectivity index (χ1) is 18.2. The molecule has 5 rings (SSSR count). The molecule has 1 atom stereocenters. The van der Waals surface area contributed by atoms with Crippen molar-refractivity contribution in [2.75, 3.05) is 7.11 Å². The molecule has 5 aromatic rings. The summed E-state index contributed by atoms with van der Waals surface area (Å²) in [7, 11) is 1.64. The van der Waals surface area contributed by atoms with E-state index in [-0.39, 0.29) is 11.9 Å². The number of carbonyl (C=O) groups is 1. The van der Waals surface area contributed by atoms with Gasteiger partial charge in [-0.2, -0.15) is 0 Å². The minimum absolute atomic E-state index is 0.0880. The Morgan fingerprint density at radius 3 is 2.16 bits per heavy atom. The van der Waals surface area contributed by atoms with Crippen LogP contribution >= 0.6 is 23.1 Å². The number of benzene rings is 3. The summed E-state index contributed by atoms with van der Waals surface area (Å²) >= 11 is 2.96. The lowest BCUT2D eigenvalue weighted by atomic mass is 9.98. The number of nitrogens with one attached hydrogen (secondary N) is 1.